The summed E-state index contributed by atoms with van der Waals surface area (Å²) in [5, 5.41) is 9.11. The topological polar surface area (TPSA) is 72.6 Å². The maximum atomic E-state index is 11.1. The van der Waals surface area contributed by atoms with Gasteiger partial charge in [0.25, 0.3) is 0 Å². The van der Waals surface area contributed by atoms with E-state index in [0.29, 0.717) is 13.0 Å². The molecular formula is C13H17NO3. The Balaban J connectivity index is 2.51. The summed E-state index contributed by atoms with van der Waals surface area (Å²) in [4.78, 5) is 11.1. The van der Waals surface area contributed by atoms with Gasteiger partial charge in [-0.3, -0.25) is 4.79 Å². The number of hydrogen-bond donors (Lipinski definition) is 2. The lowest BCUT2D eigenvalue weighted by Crippen LogP contribution is -2.48. The second-order valence-corrected chi connectivity index (χ2v) is 4.61. The van der Waals surface area contributed by atoms with Gasteiger partial charge in [-0.25, -0.2) is 0 Å². The van der Waals surface area contributed by atoms with Crippen LogP contribution in [0.3, 0.4) is 0 Å². The average molecular weight is 235 g/mol. The molecule has 0 spiro atoms. The minimum Gasteiger partial charge on any atom is -0.493 e. The van der Waals surface area contributed by atoms with Crippen LogP contribution in [0.4, 0.5) is 0 Å². The Bertz CT molecular complexity index is 430. The van der Waals surface area contributed by atoms with Crippen LogP contribution < -0.4 is 10.5 Å². The normalized spacial score (nSPS) is 24.6. The number of ether oxygens (including phenoxy) is 1. The summed E-state index contributed by atoms with van der Waals surface area (Å²) < 4.78 is 5.56. The van der Waals surface area contributed by atoms with Crippen LogP contribution in [0, 0.1) is 0 Å². The molecule has 1 heterocycles. The Hall–Kier alpha value is -1.55. The summed E-state index contributed by atoms with van der Waals surface area (Å²) in [6.45, 7) is 2.39. The second-order valence-electron chi connectivity index (χ2n) is 4.61. The third-order valence-corrected chi connectivity index (χ3v) is 3.57. The van der Waals surface area contributed by atoms with Crippen molar-refractivity contribution in [2.24, 2.45) is 5.73 Å². The van der Waals surface area contributed by atoms with Gasteiger partial charge < -0.3 is 15.6 Å². The molecule has 2 rings (SSSR count). The molecule has 0 amide bonds. The van der Waals surface area contributed by atoms with E-state index in [-0.39, 0.29) is 12.5 Å². The van der Waals surface area contributed by atoms with Gasteiger partial charge in [-0.1, -0.05) is 18.2 Å². The molecule has 1 aromatic carbocycles. The molecule has 0 fully saturated rings. The summed E-state index contributed by atoms with van der Waals surface area (Å²) in [5.41, 5.74) is 6.45. The molecule has 0 saturated heterocycles. The minimum absolute atomic E-state index is 0.0467. The Morgan fingerprint density at radius 3 is 2.94 bits per heavy atom. The lowest BCUT2D eigenvalue weighted by atomic mass is 9.69. The number of benzene rings is 1. The molecule has 0 bridgehead atoms. The SMILES string of the molecule is CC(N)C1(CC(=O)O)CCOc2ccccc21. The molecule has 2 unspecified atom stereocenters. The van der Waals surface area contributed by atoms with Crippen molar-refractivity contribution < 1.29 is 14.6 Å². The van der Waals surface area contributed by atoms with Gasteiger partial charge in [-0.15, -0.1) is 0 Å². The summed E-state index contributed by atoms with van der Waals surface area (Å²) in [5.74, 6) is -0.0590. The van der Waals surface area contributed by atoms with Gasteiger partial charge in [0.15, 0.2) is 0 Å². The number of carbonyl (C=O) groups is 1. The Morgan fingerprint density at radius 2 is 2.29 bits per heavy atom. The van der Waals surface area contributed by atoms with Crippen molar-refractivity contribution in [2.75, 3.05) is 6.61 Å². The Kier molecular flexibility index (Phi) is 3.07. The number of para-hydroxylation sites is 1. The van der Waals surface area contributed by atoms with Gasteiger partial charge in [0.05, 0.1) is 13.0 Å². The van der Waals surface area contributed by atoms with E-state index in [1.54, 1.807) is 0 Å². The number of hydrogen-bond acceptors (Lipinski definition) is 3. The molecule has 0 aliphatic carbocycles. The molecule has 4 nitrogen and oxygen atoms in total. The van der Waals surface area contributed by atoms with E-state index in [4.69, 9.17) is 15.6 Å². The van der Waals surface area contributed by atoms with Crippen molar-refractivity contribution in [1.29, 1.82) is 0 Å². The van der Waals surface area contributed by atoms with Crippen molar-refractivity contribution in [2.45, 2.75) is 31.2 Å². The fourth-order valence-electron chi connectivity index (χ4n) is 2.57. The van der Waals surface area contributed by atoms with Crippen molar-refractivity contribution in [3.8, 4) is 5.75 Å². The first-order chi connectivity index (χ1) is 8.06. The number of carboxylic acids is 1. The Labute approximate surface area is 100 Å². The summed E-state index contributed by atoms with van der Waals surface area (Å²) in [7, 11) is 0. The summed E-state index contributed by atoms with van der Waals surface area (Å²) in [6, 6.07) is 7.35. The van der Waals surface area contributed by atoms with Crippen LogP contribution in [0.15, 0.2) is 24.3 Å². The van der Waals surface area contributed by atoms with Crippen LogP contribution in [0.25, 0.3) is 0 Å². The third-order valence-electron chi connectivity index (χ3n) is 3.57. The number of nitrogens with two attached hydrogens (primary N) is 1. The lowest BCUT2D eigenvalue weighted by molar-refractivity contribution is -0.139. The number of aliphatic carboxylic acids is 1. The van der Waals surface area contributed by atoms with E-state index in [1.807, 2.05) is 31.2 Å². The molecule has 0 aromatic heterocycles. The van der Waals surface area contributed by atoms with Crippen molar-refractivity contribution in [3.63, 3.8) is 0 Å². The molecule has 4 heteroatoms. The van der Waals surface area contributed by atoms with Crippen LogP contribution in [-0.4, -0.2) is 23.7 Å². The highest BCUT2D eigenvalue weighted by Crippen LogP contribution is 2.42. The highest BCUT2D eigenvalue weighted by molar-refractivity contribution is 5.70. The fourth-order valence-corrected chi connectivity index (χ4v) is 2.57. The maximum Gasteiger partial charge on any atom is 0.304 e. The standard InChI is InChI=1S/C13H17NO3/c1-9(14)13(8-12(15)16)6-7-17-11-5-3-2-4-10(11)13/h2-5,9H,6-8,14H2,1H3,(H,15,16). The molecule has 92 valence electrons. The average Bonchev–Trinajstić information content (AvgIpc) is 2.28. The number of rotatable bonds is 3. The molecule has 1 aliphatic heterocycles. The minimum atomic E-state index is -0.820. The fraction of sp³-hybridized carbons (Fsp3) is 0.462. The first-order valence-corrected chi connectivity index (χ1v) is 5.76. The van der Waals surface area contributed by atoms with Crippen LogP contribution in [0.5, 0.6) is 5.75 Å². The van der Waals surface area contributed by atoms with Gasteiger partial charge in [-0.2, -0.15) is 0 Å². The van der Waals surface area contributed by atoms with Gasteiger partial charge in [0.2, 0.25) is 0 Å². The molecule has 3 N–H and O–H groups in total. The molecular weight excluding hydrogens is 218 g/mol. The summed E-state index contributed by atoms with van der Waals surface area (Å²) in [6.07, 6.45) is 0.693. The molecule has 1 aromatic rings. The zero-order valence-corrected chi connectivity index (χ0v) is 9.85. The maximum absolute atomic E-state index is 11.1. The molecule has 0 radical (unpaired) electrons. The van der Waals surface area contributed by atoms with Crippen LogP contribution in [-0.2, 0) is 10.2 Å². The number of carboxylic acid groups (broad SMARTS) is 1. The van der Waals surface area contributed by atoms with Gasteiger partial charge in [0, 0.05) is 17.0 Å². The molecule has 2 atom stereocenters. The molecule has 17 heavy (non-hydrogen) atoms. The van der Waals surface area contributed by atoms with Gasteiger partial charge in [-0.05, 0) is 19.4 Å². The van der Waals surface area contributed by atoms with Crippen LogP contribution in [0.2, 0.25) is 0 Å². The van der Waals surface area contributed by atoms with Crippen molar-refractivity contribution in [3.05, 3.63) is 29.8 Å². The zero-order chi connectivity index (χ0) is 12.5. The van der Waals surface area contributed by atoms with Crippen molar-refractivity contribution in [1.82, 2.24) is 0 Å². The predicted octanol–water partition coefficient (Wildman–Crippen LogP) is 1.53. The smallest absolute Gasteiger partial charge is 0.304 e. The van der Waals surface area contributed by atoms with E-state index in [0.717, 1.165) is 11.3 Å². The molecule has 0 saturated carbocycles. The van der Waals surface area contributed by atoms with E-state index < -0.39 is 11.4 Å². The van der Waals surface area contributed by atoms with E-state index in [1.165, 1.54) is 0 Å². The van der Waals surface area contributed by atoms with Gasteiger partial charge in [0.1, 0.15) is 5.75 Å². The highest BCUT2D eigenvalue weighted by atomic mass is 16.5. The lowest BCUT2D eigenvalue weighted by Gasteiger charge is -2.40. The quantitative estimate of drug-likeness (QED) is 0.833. The monoisotopic (exact) mass is 235 g/mol. The third kappa shape index (κ3) is 2.00. The zero-order valence-electron chi connectivity index (χ0n) is 9.85. The van der Waals surface area contributed by atoms with Crippen LogP contribution in [0.1, 0.15) is 25.3 Å². The largest absolute Gasteiger partial charge is 0.493 e. The number of fused-ring (bicyclic) bond motifs is 1. The van der Waals surface area contributed by atoms with Crippen LogP contribution >= 0.6 is 0 Å². The highest BCUT2D eigenvalue weighted by Gasteiger charge is 2.42. The molecule has 1 aliphatic rings. The first-order valence-electron chi connectivity index (χ1n) is 5.76. The first kappa shape index (κ1) is 11.9. The van der Waals surface area contributed by atoms with E-state index in [2.05, 4.69) is 0 Å². The predicted molar refractivity (Wildman–Crippen MR) is 64.1 cm³/mol. The Morgan fingerprint density at radius 1 is 1.59 bits per heavy atom. The van der Waals surface area contributed by atoms with E-state index in [9.17, 15) is 4.79 Å². The van der Waals surface area contributed by atoms with Crippen molar-refractivity contribution >= 4 is 5.97 Å². The van der Waals surface area contributed by atoms with E-state index >= 15 is 0 Å². The van der Waals surface area contributed by atoms with Gasteiger partial charge >= 0.3 is 5.97 Å². The second kappa shape index (κ2) is 4.37. The summed E-state index contributed by atoms with van der Waals surface area (Å²) >= 11 is 0.